The molecule has 1 aliphatic carbocycles. The number of nitrogens with zero attached hydrogens (tertiary/aromatic N) is 3. The number of aromatic nitrogens is 1. The molecule has 2 bridgehead atoms. The molecule has 1 aromatic heterocycles. The van der Waals surface area contributed by atoms with Crippen molar-refractivity contribution in [3.05, 3.63) is 70.9 Å². The fourth-order valence-corrected chi connectivity index (χ4v) is 13.1. The Kier molecular flexibility index (Phi) is 8.56. The predicted octanol–water partition coefficient (Wildman–Crippen LogP) is 2.24. The lowest BCUT2D eigenvalue weighted by Crippen LogP contribution is -2.82. The van der Waals surface area contributed by atoms with Gasteiger partial charge in [-0.15, -0.1) is 0 Å². The number of hydrogen-bond donors (Lipinski definition) is 6. The zero-order valence-electron chi connectivity index (χ0n) is 33.1. The van der Waals surface area contributed by atoms with Crippen LogP contribution in [0.1, 0.15) is 68.3 Å². The van der Waals surface area contributed by atoms with Gasteiger partial charge < -0.3 is 34.7 Å². The van der Waals surface area contributed by atoms with E-state index in [0.717, 1.165) is 40.0 Å². The number of aliphatic hydroxyl groups is 3. The quantitative estimate of drug-likeness (QED) is 0.0714. The van der Waals surface area contributed by atoms with Crippen molar-refractivity contribution in [2.75, 3.05) is 58.9 Å². The number of hydrogen-bond acceptors (Lipinski definition) is 11. The average molecular weight is 769 g/mol. The molecular formula is C43H56N6O7. The number of esters is 1. The minimum Gasteiger partial charge on any atom is -0.496 e. The van der Waals surface area contributed by atoms with Gasteiger partial charge in [-0.1, -0.05) is 44.2 Å². The normalized spacial score (nSPS) is 38.4. The van der Waals surface area contributed by atoms with Crippen molar-refractivity contribution < 1.29 is 34.4 Å². The van der Waals surface area contributed by atoms with Crippen molar-refractivity contribution >= 4 is 28.5 Å². The van der Waals surface area contributed by atoms with Crippen molar-refractivity contribution in [2.45, 2.75) is 92.6 Å². The van der Waals surface area contributed by atoms with E-state index in [2.05, 4.69) is 32.3 Å². The van der Waals surface area contributed by atoms with Crippen molar-refractivity contribution in [3.63, 3.8) is 0 Å². The third kappa shape index (κ3) is 4.58. The number of aliphatic hydroxyl groups excluding tert-OH is 1. The monoisotopic (exact) mass is 768 g/mol. The number of carbonyl (C=O) groups is 2. The summed E-state index contributed by atoms with van der Waals surface area (Å²) in [6.45, 7) is 7.36. The first-order valence-corrected chi connectivity index (χ1v) is 20.3. The van der Waals surface area contributed by atoms with Gasteiger partial charge in [-0.2, -0.15) is 0 Å². The van der Waals surface area contributed by atoms with Crippen LogP contribution in [0.2, 0.25) is 0 Å². The number of nitrogens with two attached hydrogens (primary N) is 1. The first kappa shape index (κ1) is 37.6. The van der Waals surface area contributed by atoms with E-state index in [9.17, 15) is 20.1 Å². The number of H-pyrrole nitrogens is 1. The van der Waals surface area contributed by atoms with Crippen LogP contribution in [-0.2, 0) is 31.6 Å². The maximum Gasteiger partial charge on any atom is 0.322 e. The first-order valence-electron chi connectivity index (χ1n) is 20.3. The summed E-state index contributed by atoms with van der Waals surface area (Å²) in [5.74, 6) is 4.94. The third-order valence-electron chi connectivity index (χ3n) is 15.3. The number of rotatable bonds is 6. The topological polar surface area (TPSA) is 177 Å². The molecule has 7 N–H and O–H groups in total. The van der Waals surface area contributed by atoms with Crippen LogP contribution >= 0.6 is 0 Å². The number of fused-ring (bicyclic) bond motifs is 6. The highest BCUT2D eigenvalue weighted by molar-refractivity contribution is 5.95. The molecule has 13 nitrogen and oxygen atoms in total. The summed E-state index contributed by atoms with van der Waals surface area (Å²) in [6, 6.07) is 11.0. The van der Waals surface area contributed by atoms with Gasteiger partial charge in [0.25, 0.3) is 5.91 Å². The summed E-state index contributed by atoms with van der Waals surface area (Å²) < 4.78 is 12.2. The van der Waals surface area contributed by atoms with Crippen LogP contribution < -0.4 is 20.9 Å². The number of methoxy groups -OCH3 is 2. The van der Waals surface area contributed by atoms with Crippen LogP contribution in [0.4, 0.5) is 5.69 Å². The smallest absolute Gasteiger partial charge is 0.322 e. The molecular weight excluding hydrogens is 713 g/mol. The van der Waals surface area contributed by atoms with Crippen LogP contribution in [0.25, 0.3) is 10.9 Å². The third-order valence-corrected chi connectivity index (χ3v) is 15.3. The fraction of sp³-hybridized carbons (Fsp3) is 0.581. The van der Waals surface area contributed by atoms with Crippen LogP contribution in [0.3, 0.4) is 0 Å². The van der Waals surface area contributed by atoms with Gasteiger partial charge in [-0.3, -0.25) is 24.8 Å². The molecule has 1 amide bonds. The highest BCUT2D eigenvalue weighted by Crippen LogP contribution is 2.67. The minimum absolute atomic E-state index is 0.0851. The average Bonchev–Trinajstić information content (AvgIpc) is 3.87. The molecule has 13 heteroatoms. The van der Waals surface area contributed by atoms with Crippen molar-refractivity contribution in [2.24, 2.45) is 17.2 Å². The maximum atomic E-state index is 15.2. The number of hydrazine groups is 1. The zero-order valence-corrected chi connectivity index (χ0v) is 33.1. The van der Waals surface area contributed by atoms with E-state index < -0.39 is 51.5 Å². The second-order valence-corrected chi connectivity index (χ2v) is 17.6. The molecule has 5 unspecified atom stereocenters. The lowest BCUT2D eigenvalue weighted by Gasteiger charge is -2.63. The largest absolute Gasteiger partial charge is 0.496 e. The second-order valence-electron chi connectivity index (χ2n) is 17.6. The maximum absolute atomic E-state index is 15.2. The van der Waals surface area contributed by atoms with E-state index in [-0.39, 0.29) is 12.0 Å². The van der Waals surface area contributed by atoms with Gasteiger partial charge in [0, 0.05) is 84.0 Å². The number of nitrogens with one attached hydrogen (secondary N) is 2. The predicted molar refractivity (Wildman–Crippen MR) is 211 cm³/mol. The molecule has 1 spiro atoms. The van der Waals surface area contributed by atoms with Gasteiger partial charge in [-0.25, -0.2) is 5.84 Å². The summed E-state index contributed by atoms with van der Waals surface area (Å²) in [7, 11) is 4.89. The van der Waals surface area contributed by atoms with Gasteiger partial charge in [0.2, 0.25) is 0 Å². The van der Waals surface area contributed by atoms with Gasteiger partial charge in [-0.05, 0) is 74.2 Å². The van der Waals surface area contributed by atoms with Crippen LogP contribution in [0.5, 0.6) is 5.75 Å². The number of anilines is 1. The van der Waals surface area contributed by atoms with E-state index in [1.807, 2.05) is 62.2 Å². The number of likely N-dealkylation sites (N-methyl/N-ethyl adjacent to an activating group) is 1. The molecule has 6 heterocycles. The molecule has 1 saturated carbocycles. The zero-order chi connectivity index (χ0) is 39.6. The Balaban J connectivity index is 1.36. The number of aromatic amines is 1. The molecule has 10 atom stereocenters. The molecule has 56 heavy (non-hydrogen) atoms. The number of piperidine rings is 1. The molecule has 6 aliphatic rings. The number of para-hydroxylation sites is 1. The van der Waals surface area contributed by atoms with E-state index in [1.165, 1.54) is 7.11 Å². The van der Waals surface area contributed by atoms with Crippen molar-refractivity contribution in [1.29, 1.82) is 0 Å². The molecule has 3 fully saturated rings. The highest BCUT2D eigenvalue weighted by atomic mass is 16.5. The highest BCUT2D eigenvalue weighted by Gasteiger charge is 2.78. The van der Waals surface area contributed by atoms with Crippen molar-refractivity contribution in [3.8, 4) is 5.75 Å². The molecule has 2 saturated heterocycles. The molecule has 0 radical (unpaired) electrons. The Labute approximate surface area is 327 Å². The van der Waals surface area contributed by atoms with Crippen LogP contribution in [0.15, 0.2) is 48.6 Å². The summed E-state index contributed by atoms with van der Waals surface area (Å²) >= 11 is 0. The first-order chi connectivity index (χ1) is 26.8. The second kappa shape index (κ2) is 12.8. The molecule has 9 rings (SSSR count). The van der Waals surface area contributed by atoms with Crippen molar-refractivity contribution in [1.82, 2.24) is 20.2 Å². The van der Waals surface area contributed by atoms with Crippen LogP contribution in [-0.4, -0.2) is 125 Å². The molecule has 5 aliphatic heterocycles. The fourth-order valence-electron chi connectivity index (χ4n) is 13.1. The van der Waals surface area contributed by atoms with E-state index >= 15 is 4.79 Å². The van der Waals surface area contributed by atoms with Crippen LogP contribution in [0, 0.1) is 11.3 Å². The Hall–Kier alpha value is -3.98. The molecule has 2 aromatic carbocycles. The summed E-state index contributed by atoms with van der Waals surface area (Å²) in [6.07, 6.45) is 5.73. The van der Waals surface area contributed by atoms with Gasteiger partial charge in [0.15, 0.2) is 5.60 Å². The standard InChI is InChI=1S/C43H56N6O7/c1-6-39(53)21-25-22-42(38(52)56-5,33-27(13-17-48(23-25)24-39)26-11-8-9-12-30(26)45-33)29-19-28-31(20-32(29)55-4)47(3)35-41(28)15-18-49-16-10-14-40(7-2,34(41)49)36(50)43(35,54)37(51)46-44/h8-12,14,19-20,25,34-36,45,50,53-54H,6-7,13,15-18,21-24,44H2,1-5H3,(H,46,51)/t25?,34?,35?,36-,39+,40-,41?,42+,43+/m1/s1. The number of carbonyl (C=O) groups excluding carboxylic acids is 2. The summed E-state index contributed by atoms with van der Waals surface area (Å²) in [5, 5.41) is 38.3. The minimum atomic E-state index is -2.31. The lowest BCUT2D eigenvalue weighted by molar-refractivity contribution is -0.203. The SMILES string of the molecule is CC[C@]1(O)CC2CN(CCc3c([nH]c4ccccc34)[C@@](C(=O)OC)(c3cc4c(cc3OC)N(C)C3C45CCN4CC=C[C@](CC)(C45)[C@@H](O)[C@]3(O)C(=O)NN)C2)C1. The van der Waals surface area contributed by atoms with E-state index in [0.29, 0.717) is 76.0 Å². The Bertz CT molecular complexity index is 2140. The molecule has 300 valence electrons. The lowest BCUT2D eigenvalue weighted by atomic mass is 9.47. The number of benzene rings is 2. The number of amides is 1. The Morgan fingerprint density at radius 2 is 1.84 bits per heavy atom. The van der Waals surface area contributed by atoms with Gasteiger partial charge in [0.05, 0.1) is 25.9 Å². The van der Waals surface area contributed by atoms with E-state index in [1.54, 1.807) is 7.11 Å². The molecule has 3 aromatic rings. The van der Waals surface area contributed by atoms with Gasteiger partial charge >= 0.3 is 5.97 Å². The Morgan fingerprint density at radius 3 is 2.55 bits per heavy atom. The van der Waals surface area contributed by atoms with Gasteiger partial charge in [0.1, 0.15) is 17.3 Å². The number of ether oxygens (including phenoxy) is 2. The Morgan fingerprint density at radius 1 is 1.05 bits per heavy atom. The summed E-state index contributed by atoms with van der Waals surface area (Å²) in [4.78, 5) is 39.7. The van der Waals surface area contributed by atoms with E-state index in [4.69, 9.17) is 15.3 Å². The summed E-state index contributed by atoms with van der Waals surface area (Å²) in [5.41, 5.74) is 0.683.